The fourth-order valence-electron chi connectivity index (χ4n) is 2.26. The summed E-state index contributed by atoms with van der Waals surface area (Å²) < 4.78 is 7.27. The quantitative estimate of drug-likeness (QED) is 0.820. The van der Waals surface area contributed by atoms with Crippen molar-refractivity contribution in [2.24, 2.45) is 0 Å². The van der Waals surface area contributed by atoms with E-state index in [-0.39, 0.29) is 0 Å². The summed E-state index contributed by atoms with van der Waals surface area (Å²) in [4.78, 5) is 0. The molecule has 108 valence electrons. The fourth-order valence-corrected chi connectivity index (χ4v) is 2.26. The van der Waals surface area contributed by atoms with Crippen LogP contribution in [0.2, 0.25) is 0 Å². The third-order valence-electron chi connectivity index (χ3n) is 3.89. The van der Waals surface area contributed by atoms with Crippen molar-refractivity contribution >= 4 is 0 Å². The molecule has 1 aromatic rings. The number of aromatic nitrogens is 2. The van der Waals surface area contributed by atoms with Gasteiger partial charge in [0.25, 0.3) is 0 Å². The van der Waals surface area contributed by atoms with Crippen LogP contribution in [0.3, 0.4) is 0 Å². The van der Waals surface area contributed by atoms with Gasteiger partial charge in [0.1, 0.15) is 0 Å². The first-order valence-corrected chi connectivity index (χ1v) is 7.18. The normalized spacial score (nSPS) is 20.4. The zero-order valence-corrected chi connectivity index (χ0v) is 11.9. The van der Waals surface area contributed by atoms with E-state index in [9.17, 15) is 5.11 Å². The van der Waals surface area contributed by atoms with E-state index in [1.165, 1.54) is 0 Å². The molecule has 1 aromatic heterocycles. The van der Waals surface area contributed by atoms with Gasteiger partial charge in [0.05, 0.1) is 11.3 Å². The van der Waals surface area contributed by atoms with E-state index in [4.69, 9.17) is 4.74 Å². The summed E-state index contributed by atoms with van der Waals surface area (Å²) in [6.45, 7) is 6.93. The van der Waals surface area contributed by atoms with Crippen LogP contribution in [0.1, 0.15) is 44.8 Å². The zero-order chi connectivity index (χ0) is 13.7. The molecule has 1 aliphatic rings. The minimum Gasteiger partial charge on any atom is -0.388 e. The lowest BCUT2D eigenvalue weighted by Crippen LogP contribution is -2.44. The van der Waals surface area contributed by atoms with E-state index in [1.54, 1.807) is 0 Å². The number of rotatable bonds is 6. The predicted octanol–water partition coefficient (Wildman–Crippen LogP) is 1.49. The van der Waals surface area contributed by atoms with Gasteiger partial charge in [-0.3, -0.25) is 4.68 Å². The van der Waals surface area contributed by atoms with Crippen LogP contribution in [-0.4, -0.2) is 40.2 Å². The van der Waals surface area contributed by atoms with Gasteiger partial charge in [0.15, 0.2) is 0 Å². The lowest BCUT2D eigenvalue weighted by Gasteiger charge is -2.32. The summed E-state index contributed by atoms with van der Waals surface area (Å²) in [5, 5.41) is 18.1. The smallest absolute Gasteiger partial charge is 0.0815 e. The maximum absolute atomic E-state index is 10.3. The van der Waals surface area contributed by atoms with Gasteiger partial charge < -0.3 is 15.2 Å². The summed E-state index contributed by atoms with van der Waals surface area (Å²) in [5.74, 6) is 0. The molecule has 1 fully saturated rings. The first-order chi connectivity index (χ1) is 9.13. The average Bonchev–Trinajstić information content (AvgIpc) is 2.87. The van der Waals surface area contributed by atoms with Crippen molar-refractivity contribution in [2.45, 2.75) is 51.3 Å². The number of nitrogens with one attached hydrogen (secondary N) is 1. The molecular formula is C14H25N3O2. The molecule has 0 saturated carbocycles. The second-order valence-electron chi connectivity index (χ2n) is 5.48. The molecule has 5 nitrogen and oxygen atoms in total. The number of hydrogen-bond donors (Lipinski definition) is 2. The minimum absolute atomic E-state index is 0.438. The number of nitrogens with zero attached hydrogens (tertiary/aromatic N) is 2. The van der Waals surface area contributed by atoms with Gasteiger partial charge in [-0.1, -0.05) is 6.92 Å². The van der Waals surface area contributed by atoms with Crippen LogP contribution in [-0.2, 0) is 11.3 Å². The molecule has 0 spiro atoms. The molecular weight excluding hydrogens is 242 g/mol. The molecule has 1 aliphatic heterocycles. The molecule has 0 aromatic carbocycles. The highest BCUT2D eigenvalue weighted by molar-refractivity contribution is 4.99. The fraction of sp³-hybridized carbons (Fsp3) is 0.786. The van der Waals surface area contributed by atoms with Crippen molar-refractivity contribution in [3.8, 4) is 0 Å². The lowest BCUT2D eigenvalue weighted by atomic mass is 9.94. The predicted molar refractivity (Wildman–Crippen MR) is 73.9 cm³/mol. The third-order valence-corrected chi connectivity index (χ3v) is 3.89. The van der Waals surface area contributed by atoms with Crippen molar-refractivity contribution in [3.63, 3.8) is 0 Å². The highest BCUT2D eigenvalue weighted by atomic mass is 16.5. The number of ether oxygens (including phenoxy) is 1. The Hall–Kier alpha value is -0.910. The highest BCUT2D eigenvalue weighted by Crippen LogP contribution is 2.19. The summed E-state index contributed by atoms with van der Waals surface area (Å²) in [7, 11) is 0. The average molecular weight is 267 g/mol. The molecule has 5 heteroatoms. The van der Waals surface area contributed by atoms with E-state index < -0.39 is 5.60 Å². The van der Waals surface area contributed by atoms with Gasteiger partial charge in [0.2, 0.25) is 0 Å². The molecule has 2 heterocycles. The summed E-state index contributed by atoms with van der Waals surface area (Å²) >= 11 is 0. The maximum atomic E-state index is 10.3. The largest absolute Gasteiger partial charge is 0.388 e. The van der Waals surface area contributed by atoms with E-state index in [0.717, 1.165) is 12.1 Å². The van der Waals surface area contributed by atoms with E-state index >= 15 is 0 Å². The molecule has 0 amide bonds. The number of hydrogen-bond acceptors (Lipinski definition) is 4. The first-order valence-electron chi connectivity index (χ1n) is 7.18. The Morgan fingerprint density at radius 2 is 2.26 bits per heavy atom. The van der Waals surface area contributed by atoms with Gasteiger partial charge in [-0.2, -0.15) is 5.10 Å². The van der Waals surface area contributed by atoms with Crippen molar-refractivity contribution in [3.05, 3.63) is 18.0 Å². The molecule has 2 N–H and O–H groups in total. The minimum atomic E-state index is -0.614. The topological polar surface area (TPSA) is 59.3 Å². The standard InChI is InChI=1S/C14H25N3O2/c1-3-12(2)17-7-4-13(16-17)10-15-11-14(18)5-8-19-9-6-14/h4,7,12,15,18H,3,5-6,8-11H2,1-2H3. The Kier molecular flexibility index (Phi) is 4.96. The zero-order valence-electron chi connectivity index (χ0n) is 11.9. The summed E-state index contributed by atoms with van der Waals surface area (Å²) in [6.07, 6.45) is 4.52. The van der Waals surface area contributed by atoms with Gasteiger partial charge in [0, 0.05) is 51.4 Å². The maximum Gasteiger partial charge on any atom is 0.0815 e. The van der Waals surface area contributed by atoms with Crippen LogP contribution in [0.4, 0.5) is 0 Å². The highest BCUT2D eigenvalue weighted by Gasteiger charge is 2.29. The van der Waals surface area contributed by atoms with Gasteiger partial charge in [-0.15, -0.1) is 0 Å². The van der Waals surface area contributed by atoms with Crippen molar-refractivity contribution in [2.75, 3.05) is 19.8 Å². The van der Waals surface area contributed by atoms with Crippen LogP contribution >= 0.6 is 0 Å². The Morgan fingerprint density at radius 3 is 2.95 bits per heavy atom. The molecule has 1 atom stereocenters. The molecule has 0 radical (unpaired) electrons. The SMILES string of the molecule is CCC(C)n1ccc(CNCC2(O)CCOCC2)n1. The van der Waals surface area contributed by atoms with E-state index in [0.29, 0.717) is 45.2 Å². The molecule has 19 heavy (non-hydrogen) atoms. The molecule has 2 rings (SSSR count). The van der Waals surface area contributed by atoms with Gasteiger partial charge in [-0.05, 0) is 19.4 Å². The first kappa shape index (κ1) is 14.5. The van der Waals surface area contributed by atoms with E-state index in [2.05, 4.69) is 24.3 Å². The molecule has 0 aliphatic carbocycles. The monoisotopic (exact) mass is 267 g/mol. The Labute approximate surface area is 115 Å². The Balaban J connectivity index is 1.77. The molecule has 1 unspecified atom stereocenters. The molecule has 1 saturated heterocycles. The second-order valence-corrected chi connectivity index (χ2v) is 5.48. The Morgan fingerprint density at radius 1 is 1.53 bits per heavy atom. The Bertz CT molecular complexity index is 386. The summed E-state index contributed by atoms with van der Waals surface area (Å²) in [6, 6.07) is 2.47. The van der Waals surface area contributed by atoms with Gasteiger partial charge in [-0.25, -0.2) is 0 Å². The second kappa shape index (κ2) is 6.50. The third kappa shape index (κ3) is 4.03. The van der Waals surface area contributed by atoms with Crippen LogP contribution in [0, 0.1) is 0 Å². The van der Waals surface area contributed by atoms with Crippen LogP contribution in [0.25, 0.3) is 0 Å². The van der Waals surface area contributed by atoms with Crippen molar-refractivity contribution in [1.82, 2.24) is 15.1 Å². The van der Waals surface area contributed by atoms with Crippen LogP contribution in [0.15, 0.2) is 12.3 Å². The van der Waals surface area contributed by atoms with Crippen LogP contribution in [0.5, 0.6) is 0 Å². The van der Waals surface area contributed by atoms with Crippen LogP contribution < -0.4 is 5.32 Å². The molecule has 0 bridgehead atoms. The lowest BCUT2D eigenvalue weighted by molar-refractivity contribution is -0.0617. The van der Waals surface area contributed by atoms with Crippen molar-refractivity contribution < 1.29 is 9.84 Å². The van der Waals surface area contributed by atoms with Gasteiger partial charge >= 0.3 is 0 Å². The summed E-state index contributed by atoms with van der Waals surface area (Å²) in [5.41, 5.74) is 0.410. The van der Waals surface area contributed by atoms with Crippen molar-refractivity contribution in [1.29, 1.82) is 0 Å². The van der Waals surface area contributed by atoms with E-state index in [1.807, 2.05) is 16.9 Å². The number of aliphatic hydroxyl groups is 1.